The number of halogens is 2. The molecule has 2 aliphatic rings. The molecule has 0 amide bonds. The van der Waals surface area contributed by atoms with E-state index in [0.717, 1.165) is 28.8 Å². The lowest BCUT2D eigenvalue weighted by atomic mass is 9.75. The molecule has 3 nitrogen and oxygen atoms in total. The Morgan fingerprint density at radius 2 is 2.00 bits per heavy atom. The number of allylic oxidation sites excluding steroid dienone is 2. The van der Waals surface area contributed by atoms with Gasteiger partial charge in [0.1, 0.15) is 0 Å². The van der Waals surface area contributed by atoms with Gasteiger partial charge in [0.25, 0.3) is 0 Å². The zero-order valence-electron chi connectivity index (χ0n) is 14.6. The van der Waals surface area contributed by atoms with Crippen molar-refractivity contribution in [2.24, 2.45) is 5.92 Å². The summed E-state index contributed by atoms with van der Waals surface area (Å²) in [5.74, 6) is 0.180. The molecule has 1 aliphatic carbocycles. The molecule has 0 bridgehead atoms. The van der Waals surface area contributed by atoms with Gasteiger partial charge in [0, 0.05) is 11.6 Å². The van der Waals surface area contributed by atoms with Crippen LogP contribution in [0.2, 0.25) is 10.0 Å². The van der Waals surface area contributed by atoms with Crippen LogP contribution in [-0.2, 0) is 4.74 Å². The Bertz CT molecular complexity index is 922. The van der Waals surface area contributed by atoms with Crippen LogP contribution in [0.5, 0.6) is 0 Å². The van der Waals surface area contributed by atoms with Crippen molar-refractivity contribution in [3.63, 3.8) is 0 Å². The fraction of sp³-hybridized carbons (Fsp3) is 0.286. The normalized spacial score (nSPS) is 23.2. The Morgan fingerprint density at radius 3 is 2.73 bits per heavy atom. The van der Waals surface area contributed by atoms with E-state index in [2.05, 4.69) is 24.4 Å². The number of esters is 1. The average molecular weight is 388 g/mol. The molecule has 0 unspecified atom stereocenters. The minimum absolute atomic E-state index is 0.101. The van der Waals surface area contributed by atoms with Crippen molar-refractivity contribution in [2.45, 2.75) is 25.3 Å². The Hall–Kier alpha value is -1.97. The van der Waals surface area contributed by atoms with Gasteiger partial charge in [-0.25, -0.2) is 4.79 Å². The van der Waals surface area contributed by atoms with Crippen LogP contribution >= 0.6 is 23.2 Å². The van der Waals surface area contributed by atoms with E-state index in [4.69, 9.17) is 27.9 Å². The summed E-state index contributed by atoms with van der Waals surface area (Å²) in [6.07, 6.45) is 5.34. The lowest BCUT2D eigenvalue weighted by Crippen LogP contribution is -2.31. The molecular weight excluding hydrogens is 369 g/mol. The van der Waals surface area contributed by atoms with Crippen molar-refractivity contribution >= 4 is 34.9 Å². The molecule has 2 aromatic carbocycles. The number of nitrogens with one attached hydrogen (secondary N) is 1. The number of ether oxygens (including phenoxy) is 1. The second-order valence-electron chi connectivity index (χ2n) is 6.86. The molecule has 4 rings (SSSR count). The molecule has 2 aromatic rings. The largest absolute Gasteiger partial charge is 0.465 e. The molecular formula is C21H19Cl2NO2. The van der Waals surface area contributed by atoms with Crippen LogP contribution in [0.15, 0.2) is 42.5 Å². The van der Waals surface area contributed by atoms with E-state index in [-0.39, 0.29) is 17.9 Å². The molecule has 1 N–H and O–H groups in total. The maximum absolute atomic E-state index is 12.3. The Balaban J connectivity index is 1.86. The molecule has 1 aliphatic heterocycles. The van der Waals surface area contributed by atoms with Crippen LogP contribution in [0.25, 0.3) is 0 Å². The third-order valence-electron chi connectivity index (χ3n) is 5.44. The number of benzene rings is 2. The van der Waals surface area contributed by atoms with Gasteiger partial charge in [-0.2, -0.15) is 0 Å². The second kappa shape index (κ2) is 6.64. The first kappa shape index (κ1) is 17.4. The molecule has 26 heavy (non-hydrogen) atoms. The van der Waals surface area contributed by atoms with E-state index in [1.807, 2.05) is 30.3 Å². The molecule has 0 fully saturated rings. The zero-order valence-corrected chi connectivity index (χ0v) is 16.1. The Kier molecular flexibility index (Phi) is 4.45. The monoisotopic (exact) mass is 387 g/mol. The van der Waals surface area contributed by atoms with Crippen LogP contribution in [0.4, 0.5) is 5.69 Å². The van der Waals surface area contributed by atoms with Gasteiger partial charge < -0.3 is 10.1 Å². The van der Waals surface area contributed by atoms with E-state index < -0.39 is 0 Å². The van der Waals surface area contributed by atoms with Crippen LogP contribution in [0.3, 0.4) is 0 Å². The predicted molar refractivity (Wildman–Crippen MR) is 105 cm³/mol. The van der Waals surface area contributed by atoms with Gasteiger partial charge in [0.05, 0.1) is 28.8 Å². The number of carbonyl (C=O) groups excluding carboxylic acids is 1. The summed E-state index contributed by atoms with van der Waals surface area (Å²) >= 11 is 12.3. The number of aryl methyl sites for hydroxylation is 1. The topological polar surface area (TPSA) is 38.3 Å². The quantitative estimate of drug-likeness (QED) is 0.513. The lowest BCUT2D eigenvalue weighted by molar-refractivity contribution is 0.0598. The van der Waals surface area contributed by atoms with E-state index in [0.29, 0.717) is 21.5 Å². The maximum Gasteiger partial charge on any atom is 0.338 e. The van der Waals surface area contributed by atoms with E-state index in [1.165, 1.54) is 7.11 Å². The number of hydrogen-bond acceptors (Lipinski definition) is 3. The summed E-state index contributed by atoms with van der Waals surface area (Å²) in [5.41, 5.74) is 4.89. The molecule has 0 aromatic heterocycles. The molecule has 0 saturated heterocycles. The minimum Gasteiger partial charge on any atom is -0.465 e. The molecule has 0 radical (unpaired) electrons. The standard InChI is InChI=1S/C21H19Cl2NO2/c1-11-6-8-15(21(25)26-2)18-13-4-3-5-14(13)20(24-19(11)18)12-7-9-16(22)17(23)10-12/h3-4,6-10,13-14,20,24H,5H2,1-2H3/t13-,14+,20+/m1/s1. The van der Waals surface area contributed by atoms with Crippen molar-refractivity contribution < 1.29 is 9.53 Å². The van der Waals surface area contributed by atoms with Crippen LogP contribution in [0, 0.1) is 12.8 Å². The van der Waals surface area contributed by atoms with Gasteiger partial charge in [-0.05, 0) is 54.2 Å². The number of carbonyl (C=O) groups is 1. The molecule has 0 spiro atoms. The number of fused-ring (bicyclic) bond motifs is 3. The highest BCUT2D eigenvalue weighted by Gasteiger charge is 2.40. The third kappa shape index (κ3) is 2.70. The first-order valence-electron chi connectivity index (χ1n) is 8.61. The van der Waals surface area contributed by atoms with E-state index in [1.54, 1.807) is 0 Å². The first-order valence-corrected chi connectivity index (χ1v) is 9.36. The maximum atomic E-state index is 12.3. The van der Waals surface area contributed by atoms with Crippen molar-refractivity contribution in [3.05, 3.63) is 74.8 Å². The molecule has 5 heteroatoms. The van der Waals surface area contributed by atoms with Crippen molar-refractivity contribution in [1.29, 1.82) is 0 Å². The average Bonchev–Trinajstić information content (AvgIpc) is 3.13. The van der Waals surface area contributed by atoms with Gasteiger partial charge in [-0.1, -0.05) is 47.5 Å². The molecule has 134 valence electrons. The van der Waals surface area contributed by atoms with Gasteiger partial charge in [0.2, 0.25) is 0 Å². The highest BCUT2D eigenvalue weighted by atomic mass is 35.5. The van der Waals surface area contributed by atoms with E-state index >= 15 is 0 Å². The van der Waals surface area contributed by atoms with Crippen molar-refractivity contribution in [2.75, 3.05) is 12.4 Å². The SMILES string of the molecule is COC(=O)c1ccc(C)c2c1[C@@H]1C=CC[C@@H]1[C@H](c1ccc(Cl)c(Cl)c1)N2. The second-order valence-corrected chi connectivity index (χ2v) is 7.67. The van der Waals surface area contributed by atoms with Gasteiger partial charge >= 0.3 is 5.97 Å². The summed E-state index contributed by atoms with van der Waals surface area (Å²) in [6, 6.07) is 9.72. The molecule has 0 saturated carbocycles. The summed E-state index contributed by atoms with van der Waals surface area (Å²) in [6.45, 7) is 2.05. The Morgan fingerprint density at radius 1 is 1.19 bits per heavy atom. The number of methoxy groups -OCH3 is 1. The van der Waals surface area contributed by atoms with Crippen LogP contribution in [-0.4, -0.2) is 13.1 Å². The number of hydrogen-bond donors (Lipinski definition) is 1. The fourth-order valence-corrected chi connectivity index (χ4v) is 4.49. The smallest absolute Gasteiger partial charge is 0.338 e. The number of anilines is 1. The minimum atomic E-state index is -0.296. The van der Waals surface area contributed by atoms with Crippen molar-refractivity contribution in [3.8, 4) is 0 Å². The van der Waals surface area contributed by atoms with Crippen LogP contribution in [0.1, 0.15) is 45.4 Å². The third-order valence-corrected chi connectivity index (χ3v) is 6.18. The highest BCUT2D eigenvalue weighted by Crippen LogP contribution is 2.52. The van der Waals surface area contributed by atoms with Gasteiger partial charge in [0.15, 0.2) is 0 Å². The molecule has 1 heterocycles. The first-order chi connectivity index (χ1) is 12.5. The van der Waals surface area contributed by atoms with Gasteiger partial charge in [-0.15, -0.1) is 0 Å². The van der Waals surface area contributed by atoms with Gasteiger partial charge in [-0.3, -0.25) is 0 Å². The van der Waals surface area contributed by atoms with Crippen molar-refractivity contribution in [1.82, 2.24) is 0 Å². The molecule has 3 atom stereocenters. The summed E-state index contributed by atoms with van der Waals surface area (Å²) in [4.78, 5) is 12.3. The summed E-state index contributed by atoms with van der Waals surface area (Å²) in [5, 5.41) is 4.78. The zero-order chi connectivity index (χ0) is 18.4. The lowest BCUT2D eigenvalue weighted by Gasteiger charge is -2.39. The summed E-state index contributed by atoms with van der Waals surface area (Å²) in [7, 11) is 1.42. The fourth-order valence-electron chi connectivity index (χ4n) is 4.18. The summed E-state index contributed by atoms with van der Waals surface area (Å²) < 4.78 is 5.01. The Labute approximate surface area is 163 Å². The van der Waals surface area contributed by atoms with E-state index in [9.17, 15) is 4.79 Å². The predicted octanol–water partition coefficient (Wildman–Crippen LogP) is 5.91. The number of rotatable bonds is 2. The van der Waals surface area contributed by atoms with Crippen LogP contribution < -0.4 is 5.32 Å². The highest BCUT2D eigenvalue weighted by molar-refractivity contribution is 6.42.